The number of fused-ring (bicyclic) bond motifs is 1. The molecule has 3 nitrogen and oxygen atoms in total. The van der Waals surface area contributed by atoms with Crippen LogP contribution in [0, 0.1) is 29.1 Å². The molecule has 0 atom stereocenters. The number of nitrogens with zero attached hydrogens (tertiary/aromatic N) is 1. The number of carbonyl (C=O) groups excluding carboxylic acids is 1. The van der Waals surface area contributed by atoms with E-state index in [-0.39, 0.29) is 5.13 Å². The average molecular weight is 379 g/mol. The first-order chi connectivity index (χ1) is 11.3. The molecule has 0 spiro atoms. The first-order valence-corrected chi connectivity index (χ1v) is 7.38. The van der Waals surface area contributed by atoms with E-state index in [1.165, 1.54) is 0 Å². The Hall–Kier alpha value is -2.26. The third-order valence-corrected chi connectivity index (χ3v) is 4.18. The largest absolute Gasteiger partial charge is 0.298 e. The van der Waals surface area contributed by atoms with Gasteiger partial charge in [0.2, 0.25) is 5.82 Å². The zero-order valence-corrected chi connectivity index (χ0v) is 12.8. The maximum absolute atomic E-state index is 13.6. The van der Waals surface area contributed by atoms with Gasteiger partial charge in [-0.25, -0.2) is 26.9 Å². The minimum atomic E-state index is -2.34. The Morgan fingerprint density at radius 3 is 2.21 bits per heavy atom. The third kappa shape index (κ3) is 2.69. The van der Waals surface area contributed by atoms with Gasteiger partial charge in [0.25, 0.3) is 5.91 Å². The summed E-state index contributed by atoms with van der Waals surface area (Å²) in [7, 11) is 0. The van der Waals surface area contributed by atoms with Gasteiger partial charge in [0.1, 0.15) is 5.56 Å². The lowest BCUT2D eigenvalue weighted by Gasteiger charge is -2.07. The molecule has 1 amide bonds. The molecule has 0 fully saturated rings. The lowest BCUT2D eigenvalue weighted by molar-refractivity contribution is 0.101. The van der Waals surface area contributed by atoms with Crippen molar-refractivity contribution in [2.24, 2.45) is 0 Å². The van der Waals surface area contributed by atoms with Crippen molar-refractivity contribution >= 4 is 44.2 Å². The van der Waals surface area contributed by atoms with Crippen molar-refractivity contribution in [1.82, 2.24) is 4.98 Å². The van der Waals surface area contributed by atoms with E-state index in [4.69, 9.17) is 11.6 Å². The highest BCUT2D eigenvalue weighted by molar-refractivity contribution is 7.22. The molecule has 0 unspecified atom stereocenters. The van der Waals surface area contributed by atoms with Gasteiger partial charge in [0, 0.05) is 5.02 Å². The van der Waals surface area contributed by atoms with Crippen LogP contribution in [0.3, 0.4) is 0 Å². The van der Waals surface area contributed by atoms with Gasteiger partial charge in [0.15, 0.2) is 28.4 Å². The fourth-order valence-corrected chi connectivity index (χ4v) is 3.05. The molecule has 10 heteroatoms. The summed E-state index contributed by atoms with van der Waals surface area (Å²) in [6.45, 7) is 0. The Morgan fingerprint density at radius 2 is 1.58 bits per heavy atom. The molecule has 0 radical (unpaired) electrons. The smallest absolute Gasteiger partial charge is 0.263 e. The van der Waals surface area contributed by atoms with E-state index >= 15 is 0 Å². The van der Waals surface area contributed by atoms with Crippen molar-refractivity contribution in [2.45, 2.75) is 0 Å². The molecule has 0 aliphatic carbocycles. The molecule has 124 valence electrons. The van der Waals surface area contributed by atoms with E-state index in [1.54, 1.807) is 18.2 Å². The van der Waals surface area contributed by atoms with Gasteiger partial charge < -0.3 is 0 Å². The highest BCUT2D eigenvalue weighted by atomic mass is 35.5. The maximum Gasteiger partial charge on any atom is 0.263 e. The number of nitrogens with one attached hydrogen (secondary N) is 1. The first-order valence-electron chi connectivity index (χ1n) is 6.18. The predicted molar refractivity (Wildman–Crippen MR) is 78.8 cm³/mol. The standard InChI is InChI=1S/C14H4ClF5N2OS/c15-4-1-2-5-6(3-4)24-14(21-5)22-13(23)7-8(16)10(18)12(20)11(19)9(7)17/h1-3H,(H,21,22,23). The molecule has 0 aliphatic rings. The second kappa shape index (κ2) is 5.99. The highest BCUT2D eigenvalue weighted by Crippen LogP contribution is 2.29. The van der Waals surface area contributed by atoms with Crippen molar-refractivity contribution in [3.8, 4) is 0 Å². The number of benzene rings is 2. The molecule has 2 aromatic carbocycles. The summed E-state index contributed by atoms with van der Waals surface area (Å²) in [5.41, 5.74) is -1.14. The van der Waals surface area contributed by atoms with Crippen molar-refractivity contribution in [2.75, 3.05) is 5.32 Å². The summed E-state index contributed by atoms with van der Waals surface area (Å²) >= 11 is 6.72. The minimum absolute atomic E-state index is 0.0822. The molecule has 0 bridgehead atoms. The molecule has 0 aliphatic heterocycles. The van der Waals surface area contributed by atoms with E-state index in [0.29, 0.717) is 15.2 Å². The number of rotatable bonds is 2. The Balaban J connectivity index is 2.00. The van der Waals surface area contributed by atoms with E-state index < -0.39 is 40.6 Å². The Bertz CT molecular complexity index is 962. The summed E-state index contributed by atoms with van der Waals surface area (Å²) in [5, 5.41) is 2.34. The number of hydrogen-bond donors (Lipinski definition) is 1. The van der Waals surface area contributed by atoms with Crippen LogP contribution in [0.5, 0.6) is 0 Å². The maximum atomic E-state index is 13.6. The van der Waals surface area contributed by atoms with Crippen LogP contribution in [0.15, 0.2) is 18.2 Å². The normalized spacial score (nSPS) is 11.1. The van der Waals surface area contributed by atoms with Crippen molar-refractivity contribution in [3.63, 3.8) is 0 Å². The lowest BCUT2D eigenvalue weighted by Crippen LogP contribution is -2.19. The summed E-state index contributed by atoms with van der Waals surface area (Å²) < 4.78 is 67.0. The fraction of sp³-hybridized carbons (Fsp3) is 0. The number of carbonyl (C=O) groups is 1. The molecule has 0 saturated heterocycles. The number of hydrogen-bond acceptors (Lipinski definition) is 3. The molecular weight excluding hydrogens is 375 g/mol. The topological polar surface area (TPSA) is 42.0 Å². The molecule has 0 saturated carbocycles. The number of halogens is 6. The summed E-state index contributed by atoms with van der Waals surface area (Å²) in [4.78, 5) is 15.9. The third-order valence-electron chi connectivity index (χ3n) is 3.01. The monoisotopic (exact) mass is 378 g/mol. The van der Waals surface area contributed by atoms with Crippen LogP contribution in [0.4, 0.5) is 27.1 Å². The van der Waals surface area contributed by atoms with E-state index in [9.17, 15) is 26.7 Å². The number of anilines is 1. The van der Waals surface area contributed by atoms with Crippen LogP contribution < -0.4 is 5.32 Å². The summed E-state index contributed by atoms with van der Waals surface area (Å²) in [5.74, 6) is -12.7. The molecule has 3 rings (SSSR count). The SMILES string of the molecule is O=C(Nc1nc2ccc(Cl)cc2s1)c1c(F)c(F)c(F)c(F)c1F. The average Bonchev–Trinajstić information content (AvgIpc) is 2.92. The molecule has 3 aromatic rings. The second-order valence-electron chi connectivity index (χ2n) is 4.53. The van der Waals surface area contributed by atoms with Crippen LogP contribution in [0.2, 0.25) is 5.02 Å². The van der Waals surface area contributed by atoms with Crippen molar-refractivity contribution in [3.05, 3.63) is 57.9 Å². The van der Waals surface area contributed by atoms with Crippen LogP contribution in [0.1, 0.15) is 10.4 Å². The number of thiazole rings is 1. The number of amides is 1. The van der Waals surface area contributed by atoms with Crippen molar-refractivity contribution < 1.29 is 26.7 Å². The van der Waals surface area contributed by atoms with E-state index in [2.05, 4.69) is 4.98 Å². The first kappa shape index (κ1) is 16.6. The van der Waals surface area contributed by atoms with Gasteiger partial charge >= 0.3 is 0 Å². The van der Waals surface area contributed by atoms with Gasteiger partial charge in [-0.2, -0.15) is 0 Å². The minimum Gasteiger partial charge on any atom is -0.298 e. The summed E-state index contributed by atoms with van der Waals surface area (Å²) in [6.07, 6.45) is 0. The second-order valence-corrected chi connectivity index (χ2v) is 6.00. The van der Waals surface area contributed by atoms with Crippen LogP contribution in [-0.4, -0.2) is 10.9 Å². The number of aromatic nitrogens is 1. The molecular formula is C14H4ClF5N2OS. The van der Waals surface area contributed by atoms with Crippen LogP contribution in [-0.2, 0) is 0 Å². The quantitative estimate of drug-likeness (QED) is 0.391. The Morgan fingerprint density at radius 1 is 1.00 bits per heavy atom. The Labute approximate surface area is 139 Å². The molecule has 1 heterocycles. The van der Waals surface area contributed by atoms with Gasteiger partial charge in [0.05, 0.1) is 10.2 Å². The highest BCUT2D eigenvalue weighted by Gasteiger charge is 2.30. The zero-order chi connectivity index (χ0) is 17.6. The zero-order valence-electron chi connectivity index (χ0n) is 11.3. The predicted octanol–water partition coefficient (Wildman–Crippen LogP) is 4.90. The van der Waals surface area contributed by atoms with Crippen molar-refractivity contribution in [1.29, 1.82) is 0 Å². The van der Waals surface area contributed by atoms with Gasteiger partial charge in [-0.15, -0.1) is 0 Å². The molecule has 24 heavy (non-hydrogen) atoms. The van der Waals surface area contributed by atoms with Crippen LogP contribution >= 0.6 is 22.9 Å². The molecule has 1 N–H and O–H groups in total. The molecule has 1 aromatic heterocycles. The van der Waals surface area contributed by atoms with E-state index in [1.807, 2.05) is 5.32 Å². The Kier molecular flexibility index (Phi) is 4.14. The fourth-order valence-electron chi connectivity index (χ4n) is 1.92. The van der Waals surface area contributed by atoms with Crippen LogP contribution in [0.25, 0.3) is 10.2 Å². The lowest BCUT2D eigenvalue weighted by atomic mass is 10.1. The van der Waals surface area contributed by atoms with Gasteiger partial charge in [-0.1, -0.05) is 22.9 Å². The van der Waals surface area contributed by atoms with Gasteiger partial charge in [-0.05, 0) is 18.2 Å². The van der Waals surface area contributed by atoms with Gasteiger partial charge in [-0.3, -0.25) is 10.1 Å². The van der Waals surface area contributed by atoms with E-state index in [0.717, 1.165) is 11.3 Å². The summed E-state index contributed by atoms with van der Waals surface area (Å²) in [6, 6.07) is 4.63.